The van der Waals surface area contributed by atoms with Gasteiger partial charge >= 0.3 is 0 Å². The summed E-state index contributed by atoms with van der Waals surface area (Å²) in [6.07, 6.45) is 1.65. The number of aryl methyl sites for hydroxylation is 1. The maximum Gasteiger partial charge on any atom is 0.261 e. The third-order valence-corrected chi connectivity index (χ3v) is 5.31. The molecular formula is C21H21Cl2N3O2. The first kappa shape index (κ1) is 20.4. The fourth-order valence-electron chi connectivity index (χ4n) is 3.13. The second-order valence-corrected chi connectivity index (χ2v) is 8.08. The Morgan fingerprint density at radius 1 is 1.11 bits per heavy atom. The molecule has 1 heterocycles. The number of halogens is 2. The van der Waals surface area contributed by atoms with Gasteiger partial charge in [-0.15, -0.1) is 0 Å². The minimum absolute atomic E-state index is 0.151. The van der Waals surface area contributed by atoms with Crippen LogP contribution in [-0.4, -0.2) is 22.0 Å². The van der Waals surface area contributed by atoms with Crippen molar-refractivity contribution in [1.82, 2.24) is 14.9 Å². The highest BCUT2D eigenvalue weighted by Gasteiger charge is 2.26. The number of rotatable bonds is 6. The molecule has 0 bridgehead atoms. The van der Waals surface area contributed by atoms with E-state index in [9.17, 15) is 9.59 Å². The topological polar surface area (TPSA) is 64.0 Å². The van der Waals surface area contributed by atoms with Crippen molar-refractivity contribution in [2.75, 3.05) is 6.54 Å². The predicted octanol–water partition coefficient (Wildman–Crippen LogP) is 4.19. The summed E-state index contributed by atoms with van der Waals surface area (Å²) >= 11 is 12.6. The monoisotopic (exact) mass is 417 g/mol. The molecule has 0 aliphatic rings. The first-order chi connectivity index (χ1) is 13.3. The van der Waals surface area contributed by atoms with E-state index in [0.717, 1.165) is 5.56 Å². The molecule has 0 spiro atoms. The van der Waals surface area contributed by atoms with E-state index in [2.05, 4.69) is 10.3 Å². The number of carbonyl (C=O) groups is 1. The quantitative estimate of drug-likeness (QED) is 0.653. The highest BCUT2D eigenvalue weighted by molar-refractivity contribution is 6.36. The Balaban J connectivity index is 1.64. The van der Waals surface area contributed by atoms with E-state index in [-0.39, 0.29) is 24.4 Å². The summed E-state index contributed by atoms with van der Waals surface area (Å²) in [5.74, 6) is -0.156. The number of hydrogen-bond acceptors (Lipinski definition) is 3. The van der Waals surface area contributed by atoms with Gasteiger partial charge in [-0.05, 0) is 29.8 Å². The van der Waals surface area contributed by atoms with Crippen molar-refractivity contribution in [3.05, 3.63) is 74.8 Å². The molecule has 2 aromatic carbocycles. The van der Waals surface area contributed by atoms with Crippen LogP contribution in [0.2, 0.25) is 10.0 Å². The lowest BCUT2D eigenvalue weighted by molar-refractivity contribution is -0.121. The van der Waals surface area contributed by atoms with Gasteiger partial charge in [0.1, 0.15) is 0 Å². The molecule has 0 aliphatic carbocycles. The normalized spacial score (nSPS) is 11.6. The number of amides is 1. The van der Waals surface area contributed by atoms with E-state index in [1.54, 1.807) is 36.4 Å². The number of aromatic nitrogens is 2. The second kappa shape index (κ2) is 8.33. The van der Waals surface area contributed by atoms with E-state index >= 15 is 0 Å². The molecule has 7 heteroatoms. The molecule has 0 saturated carbocycles. The molecule has 3 rings (SSSR count). The van der Waals surface area contributed by atoms with Gasteiger partial charge < -0.3 is 5.32 Å². The maximum atomic E-state index is 12.5. The second-order valence-electron chi connectivity index (χ2n) is 7.27. The molecule has 0 saturated heterocycles. The van der Waals surface area contributed by atoms with Crippen LogP contribution < -0.4 is 10.9 Å². The van der Waals surface area contributed by atoms with Crippen LogP contribution >= 0.6 is 23.2 Å². The Morgan fingerprint density at radius 2 is 1.79 bits per heavy atom. The molecule has 28 heavy (non-hydrogen) atoms. The smallest absolute Gasteiger partial charge is 0.261 e. The summed E-state index contributed by atoms with van der Waals surface area (Å²) in [6, 6.07) is 12.5. The van der Waals surface area contributed by atoms with Gasteiger partial charge in [0.05, 0.1) is 17.2 Å². The highest BCUT2D eigenvalue weighted by atomic mass is 35.5. The average Bonchev–Trinajstić information content (AvgIpc) is 2.66. The summed E-state index contributed by atoms with van der Waals surface area (Å²) < 4.78 is 1.46. The van der Waals surface area contributed by atoms with Crippen molar-refractivity contribution >= 4 is 40.0 Å². The van der Waals surface area contributed by atoms with E-state index < -0.39 is 5.41 Å². The van der Waals surface area contributed by atoms with E-state index in [4.69, 9.17) is 23.2 Å². The third kappa shape index (κ3) is 4.37. The molecule has 1 N–H and O–H groups in total. The minimum Gasteiger partial charge on any atom is -0.355 e. The SMILES string of the molecule is CC(C)(CNC(=O)CCn1cnc2ccccc2c1=O)c1c(Cl)cccc1Cl. The molecule has 5 nitrogen and oxygen atoms in total. The van der Waals surface area contributed by atoms with Gasteiger partial charge in [-0.25, -0.2) is 4.98 Å². The van der Waals surface area contributed by atoms with E-state index in [1.807, 2.05) is 19.9 Å². The van der Waals surface area contributed by atoms with Gasteiger partial charge in [-0.2, -0.15) is 0 Å². The lowest BCUT2D eigenvalue weighted by Crippen LogP contribution is -2.37. The van der Waals surface area contributed by atoms with Crippen LogP contribution in [0.4, 0.5) is 0 Å². The molecule has 0 fully saturated rings. The zero-order valence-electron chi connectivity index (χ0n) is 15.7. The first-order valence-corrected chi connectivity index (χ1v) is 9.70. The fraction of sp³-hybridized carbons (Fsp3) is 0.286. The van der Waals surface area contributed by atoms with Crippen LogP contribution in [0.3, 0.4) is 0 Å². The van der Waals surface area contributed by atoms with Gasteiger partial charge in [0.2, 0.25) is 5.91 Å². The number of nitrogens with zero attached hydrogens (tertiary/aromatic N) is 2. The molecule has 0 atom stereocenters. The largest absolute Gasteiger partial charge is 0.355 e. The molecule has 0 unspecified atom stereocenters. The maximum absolute atomic E-state index is 12.5. The number of benzene rings is 2. The Hall–Kier alpha value is -2.37. The van der Waals surface area contributed by atoms with Crippen LogP contribution in [0.5, 0.6) is 0 Å². The van der Waals surface area contributed by atoms with E-state index in [1.165, 1.54) is 10.9 Å². The van der Waals surface area contributed by atoms with Crippen molar-refractivity contribution in [2.24, 2.45) is 0 Å². The summed E-state index contributed by atoms with van der Waals surface area (Å²) in [5, 5.41) is 4.59. The van der Waals surface area contributed by atoms with Gasteiger partial charge in [0, 0.05) is 35.0 Å². The Morgan fingerprint density at radius 3 is 2.50 bits per heavy atom. The van der Waals surface area contributed by atoms with Crippen LogP contribution in [0.25, 0.3) is 10.9 Å². The third-order valence-electron chi connectivity index (χ3n) is 4.68. The Bertz CT molecular complexity index is 1060. The summed E-state index contributed by atoms with van der Waals surface area (Å²) in [7, 11) is 0. The van der Waals surface area contributed by atoms with Crippen molar-refractivity contribution in [3.63, 3.8) is 0 Å². The standard InChI is InChI=1S/C21H21Cl2N3O2/c1-21(2,19-15(22)7-5-8-16(19)23)12-24-18(27)10-11-26-13-25-17-9-4-3-6-14(17)20(26)28/h3-9,13H,10-12H2,1-2H3,(H,24,27). The van der Waals surface area contributed by atoms with Gasteiger partial charge in [-0.3, -0.25) is 14.2 Å². The summed E-state index contributed by atoms with van der Waals surface area (Å²) in [4.78, 5) is 29.1. The zero-order valence-corrected chi connectivity index (χ0v) is 17.2. The lowest BCUT2D eigenvalue weighted by Gasteiger charge is -2.27. The molecule has 1 amide bonds. The van der Waals surface area contributed by atoms with Crippen LogP contribution in [0.15, 0.2) is 53.6 Å². The molecule has 0 aliphatic heterocycles. The molecule has 1 aromatic heterocycles. The van der Waals surface area contributed by atoms with Gasteiger partial charge in [0.15, 0.2) is 0 Å². The number of carbonyl (C=O) groups excluding carboxylic acids is 1. The molecule has 146 valence electrons. The zero-order chi connectivity index (χ0) is 20.3. The van der Waals surface area contributed by atoms with Crippen LogP contribution in [0.1, 0.15) is 25.8 Å². The van der Waals surface area contributed by atoms with Crippen molar-refractivity contribution in [2.45, 2.75) is 32.2 Å². The van der Waals surface area contributed by atoms with Gasteiger partial charge in [-0.1, -0.05) is 55.2 Å². The number of nitrogens with one attached hydrogen (secondary N) is 1. The molecular weight excluding hydrogens is 397 g/mol. The van der Waals surface area contributed by atoms with Crippen molar-refractivity contribution in [1.29, 1.82) is 0 Å². The lowest BCUT2D eigenvalue weighted by atomic mass is 9.84. The van der Waals surface area contributed by atoms with E-state index in [0.29, 0.717) is 27.5 Å². The number of fused-ring (bicyclic) bond motifs is 1. The number of hydrogen-bond donors (Lipinski definition) is 1. The van der Waals surface area contributed by atoms with Crippen LogP contribution in [-0.2, 0) is 16.8 Å². The first-order valence-electron chi connectivity index (χ1n) is 8.95. The van der Waals surface area contributed by atoms with Crippen molar-refractivity contribution < 1.29 is 4.79 Å². The highest BCUT2D eigenvalue weighted by Crippen LogP contribution is 2.35. The summed E-state index contributed by atoms with van der Waals surface area (Å²) in [6.45, 7) is 4.58. The summed E-state index contributed by atoms with van der Waals surface area (Å²) in [5.41, 5.74) is 0.855. The average molecular weight is 418 g/mol. The molecule has 3 aromatic rings. The Kier molecular flexibility index (Phi) is 6.06. The van der Waals surface area contributed by atoms with Gasteiger partial charge in [0.25, 0.3) is 5.56 Å². The predicted molar refractivity (Wildman–Crippen MR) is 113 cm³/mol. The fourth-order valence-corrected chi connectivity index (χ4v) is 4.04. The number of para-hydroxylation sites is 1. The Labute approximate surface area is 173 Å². The minimum atomic E-state index is -0.438. The van der Waals surface area contributed by atoms with Crippen molar-refractivity contribution in [3.8, 4) is 0 Å². The van der Waals surface area contributed by atoms with Crippen LogP contribution in [0, 0.1) is 0 Å². The molecule has 0 radical (unpaired) electrons.